The quantitative estimate of drug-likeness (QED) is 0.872. The Morgan fingerprint density at radius 2 is 2.22 bits per heavy atom. The second-order valence-electron chi connectivity index (χ2n) is 4.72. The molecule has 0 aliphatic rings. The number of aryl methyl sites for hydroxylation is 2. The summed E-state index contributed by atoms with van der Waals surface area (Å²) in [6.45, 7) is 3.72. The van der Waals surface area contributed by atoms with Gasteiger partial charge >= 0.3 is 0 Å². The molecular weight excluding hydrogens is 229 g/mol. The maximum Gasteiger partial charge on any atom is 0.126 e. The van der Waals surface area contributed by atoms with E-state index in [4.69, 9.17) is 5.73 Å². The highest BCUT2D eigenvalue weighted by Gasteiger charge is 2.06. The molecular formula is C14H18FN3. The molecule has 1 aromatic carbocycles. The van der Waals surface area contributed by atoms with Crippen LogP contribution in [0.2, 0.25) is 0 Å². The van der Waals surface area contributed by atoms with Gasteiger partial charge < -0.3 is 10.7 Å². The first-order valence-electron chi connectivity index (χ1n) is 6.12. The summed E-state index contributed by atoms with van der Waals surface area (Å²) in [5.74, 6) is 0.697. The number of H-pyrrole nitrogens is 1. The molecule has 0 radical (unpaired) electrons. The number of imidazole rings is 1. The van der Waals surface area contributed by atoms with Crippen molar-refractivity contribution in [2.45, 2.75) is 32.7 Å². The molecule has 1 heterocycles. The van der Waals surface area contributed by atoms with E-state index >= 15 is 0 Å². The van der Waals surface area contributed by atoms with Gasteiger partial charge in [-0.2, -0.15) is 0 Å². The van der Waals surface area contributed by atoms with Crippen molar-refractivity contribution in [3.8, 4) is 11.3 Å². The second kappa shape index (κ2) is 5.31. The maximum absolute atomic E-state index is 13.5. The van der Waals surface area contributed by atoms with Crippen LogP contribution in [0.1, 0.15) is 24.7 Å². The Kier molecular flexibility index (Phi) is 3.77. The monoisotopic (exact) mass is 247 g/mol. The van der Waals surface area contributed by atoms with Gasteiger partial charge in [-0.1, -0.05) is 12.1 Å². The van der Waals surface area contributed by atoms with Crippen LogP contribution in [0.5, 0.6) is 0 Å². The Morgan fingerprint density at radius 3 is 2.89 bits per heavy atom. The lowest BCUT2D eigenvalue weighted by molar-refractivity contribution is 0.619. The SMILES string of the molecule is Cc1ccc(-c2cnc(CCC(C)N)[nH]2)cc1F. The predicted molar refractivity (Wildman–Crippen MR) is 70.7 cm³/mol. The molecule has 1 aromatic heterocycles. The lowest BCUT2D eigenvalue weighted by Crippen LogP contribution is -2.15. The van der Waals surface area contributed by atoms with Gasteiger partial charge in [0.2, 0.25) is 0 Å². The minimum absolute atomic E-state index is 0.162. The molecule has 0 saturated carbocycles. The third kappa shape index (κ3) is 2.96. The van der Waals surface area contributed by atoms with Crippen LogP contribution < -0.4 is 5.73 Å². The molecule has 0 spiro atoms. The largest absolute Gasteiger partial charge is 0.342 e. The molecule has 3 nitrogen and oxygen atoms in total. The first kappa shape index (κ1) is 12.8. The van der Waals surface area contributed by atoms with E-state index in [1.165, 1.54) is 6.07 Å². The first-order chi connectivity index (χ1) is 8.56. The van der Waals surface area contributed by atoms with E-state index in [0.717, 1.165) is 29.9 Å². The Hall–Kier alpha value is -1.68. The van der Waals surface area contributed by atoms with Crippen molar-refractivity contribution >= 4 is 0 Å². The predicted octanol–water partition coefficient (Wildman–Crippen LogP) is 2.80. The molecule has 0 fully saturated rings. The third-order valence-electron chi connectivity index (χ3n) is 2.95. The summed E-state index contributed by atoms with van der Waals surface area (Å²) in [5, 5.41) is 0. The molecule has 1 atom stereocenters. The van der Waals surface area contributed by atoms with Gasteiger partial charge in [-0.3, -0.25) is 0 Å². The zero-order valence-electron chi connectivity index (χ0n) is 10.7. The van der Waals surface area contributed by atoms with Crippen molar-refractivity contribution in [1.29, 1.82) is 0 Å². The summed E-state index contributed by atoms with van der Waals surface area (Å²) in [4.78, 5) is 7.48. The van der Waals surface area contributed by atoms with Crippen molar-refractivity contribution in [3.05, 3.63) is 41.6 Å². The molecule has 18 heavy (non-hydrogen) atoms. The minimum atomic E-state index is -0.195. The number of hydrogen-bond donors (Lipinski definition) is 2. The van der Waals surface area contributed by atoms with E-state index in [-0.39, 0.29) is 11.9 Å². The lowest BCUT2D eigenvalue weighted by Gasteiger charge is -2.02. The van der Waals surface area contributed by atoms with Crippen LogP contribution in [0.15, 0.2) is 24.4 Å². The van der Waals surface area contributed by atoms with Crippen molar-refractivity contribution < 1.29 is 4.39 Å². The smallest absolute Gasteiger partial charge is 0.126 e. The molecule has 0 bridgehead atoms. The Balaban J connectivity index is 2.16. The molecule has 0 saturated heterocycles. The number of aromatic nitrogens is 2. The summed E-state index contributed by atoms with van der Waals surface area (Å²) >= 11 is 0. The van der Waals surface area contributed by atoms with Gasteiger partial charge in [-0.25, -0.2) is 9.37 Å². The molecule has 1 unspecified atom stereocenters. The maximum atomic E-state index is 13.5. The number of hydrogen-bond acceptors (Lipinski definition) is 2. The molecule has 0 aliphatic heterocycles. The van der Waals surface area contributed by atoms with Crippen molar-refractivity contribution in [2.24, 2.45) is 5.73 Å². The molecule has 0 amide bonds. The van der Waals surface area contributed by atoms with E-state index in [1.807, 2.05) is 13.0 Å². The van der Waals surface area contributed by atoms with E-state index in [0.29, 0.717) is 5.56 Å². The number of halogens is 1. The normalized spacial score (nSPS) is 12.7. The average molecular weight is 247 g/mol. The van der Waals surface area contributed by atoms with Crippen molar-refractivity contribution in [2.75, 3.05) is 0 Å². The standard InChI is InChI=1S/C14H18FN3/c1-9-3-5-11(7-12(9)15)13-8-17-14(18-13)6-4-10(2)16/h3,5,7-8,10H,4,6,16H2,1-2H3,(H,17,18). The number of aromatic amines is 1. The van der Waals surface area contributed by atoms with Gasteiger partial charge in [-0.15, -0.1) is 0 Å². The van der Waals surface area contributed by atoms with Gasteiger partial charge in [-0.05, 0) is 31.9 Å². The summed E-state index contributed by atoms with van der Waals surface area (Å²) in [5.41, 5.74) is 8.01. The van der Waals surface area contributed by atoms with Crippen LogP contribution in [0.4, 0.5) is 4.39 Å². The molecule has 2 aromatic rings. The Labute approximate surface area is 106 Å². The average Bonchev–Trinajstić information content (AvgIpc) is 2.79. The summed E-state index contributed by atoms with van der Waals surface area (Å²) in [6.07, 6.45) is 3.43. The van der Waals surface area contributed by atoms with Gasteiger partial charge in [0.25, 0.3) is 0 Å². The minimum Gasteiger partial charge on any atom is -0.342 e. The fourth-order valence-corrected chi connectivity index (χ4v) is 1.76. The fraction of sp³-hybridized carbons (Fsp3) is 0.357. The highest BCUT2D eigenvalue weighted by atomic mass is 19.1. The summed E-state index contributed by atoms with van der Waals surface area (Å²) in [7, 11) is 0. The van der Waals surface area contributed by atoms with E-state index in [1.54, 1.807) is 19.2 Å². The number of benzene rings is 1. The first-order valence-corrected chi connectivity index (χ1v) is 6.12. The molecule has 0 aliphatic carbocycles. The van der Waals surface area contributed by atoms with E-state index < -0.39 is 0 Å². The molecule has 3 N–H and O–H groups in total. The van der Waals surface area contributed by atoms with Crippen LogP contribution in [0.25, 0.3) is 11.3 Å². The number of nitrogens with two attached hydrogens (primary N) is 1. The highest BCUT2D eigenvalue weighted by Crippen LogP contribution is 2.20. The Morgan fingerprint density at radius 1 is 1.44 bits per heavy atom. The van der Waals surface area contributed by atoms with Gasteiger partial charge in [0.1, 0.15) is 11.6 Å². The second-order valence-corrected chi connectivity index (χ2v) is 4.72. The topological polar surface area (TPSA) is 54.7 Å². The van der Waals surface area contributed by atoms with Gasteiger partial charge in [0, 0.05) is 18.0 Å². The number of nitrogens with one attached hydrogen (secondary N) is 1. The van der Waals surface area contributed by atoms with Crippen LogP contribution >= 0.6 is 0 Å². The van der Waals surface area contributed by atoms with Crippen molar-refractivity contribution in [3.63, 3.8) is 0 Å². The summed E-state index contributed by atoms with van der Waals surface area (Å²) in [6, 6.07) is 5.35. The van der Waals surface area contributed by atoms with E-state index in [2.05, 4.69) is 9.97 Å². The van der Waals surface area contributed by atoms with Crippen LogP contribution in [0, 0.1) is 12.7 Å². The van der Waals surface area contributed by atoms with Crippen LogP contribution in [0.3, 0.4) is 0 Å². The molecule has 2 rings (SSSR count). The number of nitrogens with zero attached hydrogens (tertiary/aromatic N) is 1. The molecule has 96 valence electrons. The lowest BCUT2D eigenvalue weighted by atomic mass is 10.1. The fourth-order valence-electron chi connectivity index (χ4n) is 1.76. The molecule has 4 heteroatoms. The third-order valence-corrected chi connectivity index (χ3v) is 2.95. The summed E-state index contributed by atoms with van der Waals surface area (Å²) < 4.78 is 13.5. The van der Waals surface area contributed by atoms with Crippen LogP contribution in [-0.4, -0.2) is 16.0 Å². The van der Waals surface area contributed by atoms with Crippen molar-refractivity contribution in [1.82, 2.24) is 9.97 Å². The van der Waals surface area contributed by atoms with E-state index in [9.17, 15) is 4.39 Å². The van der Waals surface area contributed by atoms with Gasteiger partial charge in [0.05, 0.1) is 11.9 Å². The zero-order valence-corrected chi connectivity index (χ0v) is 10.7. The van der Waals surface area contributed by atoms with Crippen LogP contribution in [-0.2, 0) is 6.42 Å². The number of rotatable bonds is 4. The Bertz CT molecular complexity index is 532. The van der Waals surface area contributed by atoms with Gasteiger partial charge in [0.15, 0.2) is 0 Å². The zero-order chi connectivity index (χ0) is 13.1. The highest BCUT2D eigenvalue weighted by molar-refractivity contribution is 5.59.